The Morgan fingerprint density at radius 3 is 2.63 bits per heavy atom. The molecule has 0 atom stereocenters. The Hall–Kier alpha value is -1.24. The normalized spacial score (nSPS) is 17.3. The van der Waals surface area contributed by atoms with Gasteiger partial charge in [0.2, 0.25) is 0 Å². The van der Waals surface area contributed by atoms with Gasteiger partial charge in [0.15, 0.2) is 0 Å². The van der Waals surface area contributed by atoms with Crippen molar-refractivity contribution < 1.29 is 4.79 Å². The third kappa shape index (κ3) is 5.10. The average molecular weight is 280 g/mol. The lowest BCUT2D eigenvalue weighted by molar-refractivity contribution is 0.224. The molecule has 1 aromatic rings. The van der Waals surface area contributed by atoms with Crippen molar-refractivity contribution in [2.75, 3.05) is 13.1 Å². The number of benzene rings is 1. The van der Waals surface area contributed by atoms with Gasteiger partial charge in [-0.1, -0.05) is 42.3 Å². The maximum Gasteiger partial charge on any atom is 0.327 e. The highest BCUT2D eigenvalue weighted by Gasteiger charge is 2.19. The minimum Gasteiger partial charge on any atom is -0.351 e. The number of primary amides is 1. The molecule has 0 radical (unpaired) electrons. The van der Waals surface area contributed by atoms with Gasteiger partial charge < -0.3 is 5.73 Å². The fraction of sp³-hybridized carbons (Fsp3) is 0.462. The fourth-order valence-electron chi connectivity index (χ4n) is 2.19. The van der Waals surface area contributed by atoms with Gasteiger partial charge in [-0.05, 0) is 31.5 Å². The third-order valence-electron chi connectivity index (χ3n) is 3.18. The first-order chi connectivity index (χ1) is 9.24. The number of rotatable bonds is 5. The molecule has 1 saturated heterocycles. The second kappa shape index (κ2) is 7.37. The predicted octanol–water partition coefficient (Wildman–Crippen LogP) is 1.47. The van der Waals surface area contributed by atoms with Crippen LogP contribution >= 0.6 is 11.9 Å². The predicted molar refractivity (Wildman–Crippen MR) is 78.2 cm³/mol. The van der Waals surface area contributed by atoms with Crippen LogP contribution in [0, 0.1) is 0 Å². The van der Waals surface area contributed by atoms with Gasteiger partial charge in [0.05, 0.1) is 0 Å². The molecule has 1 fully saturated rings. The van der Waals surface area contributed by atoms with Crippen molar-refractivity contribution in [1.29, 1.82) is 0 Å². The number of hydrogen-bond acceptors (Lipinski definition) is 4. The highest BCUT2D eigenvalue weighted by atomic mass is 32.2. The summed E-state index contributed by atoms with van der Waals surface area (Å²) < 4.78 is 0. The molecule has 4 N–H and O–H groups in total. The number of piperidine rings is 1. The van der Waals surface area contributed by atoms with Crippen LogP contribution in [-0.2, 0) is 6.54 Å². The SMILES string of the molecule is NC(=O)NNSC1CCN(Cc2ccccc2)CC1. The number of hydrogen-bond donors (Lipinski definition) is 3. The van der Waals surface area contributed by atoms with Crippen LogP contribution in [0.15, 0.2) is 30.3 Å². The summed E-state index contributed by atoms with van der Waals surface area (Å²) in [5, 5.41) is 0.527. The summed E-state index contributed by atoms with van der Waals surface area (Å²) in [5.41, 5.74) is 8.73. The van der Waals surface area contributed by atoms with Crippen LogP contribution in [0.2, 0.25) is 0 Å². The maximum atomic E-state index is 10.5. The second-order valence-electron chi connectivity index (χ2n) is 4.67. The molecule has 1 aromatic carbocycles. The van der Waals surface area contributed by atoms with Gasteiger partial charge in [0, 0.05) is 11.8 Å². The van der Waals surface area contributed by atoms with Crippen LogP contribution < -0.4 is 16.0 Å². The van der Waals surface area contributed by atoms with Crippen LogP contribution in [0.4, 0.5) is 4.79 Å². The third-order valence-corrected chi connectivity index (χ3v) is 4.21. The molecule has 19 heavy (non-hydrogen) atoms. The van der Waals surface area contributed by atoms with Crippen molar-refractivity contribution >= 4 is 18.0 Å². The highest BCUT2D eigenvalue weighted by molar-refractivity contribution is 7.98. The number of nitrogens with two attached hydrogens (primary N) is 1. The van der Waals surface area contributed by atoms with Crippen LogP contribution in [0.25, 0.3) is 0 Å². The number of nitrogens with one attached hydrogen (secondary N) is 2. The van der Waals surface area contributed by atoms with E-state index in [1.54, 1.807) is 11.9 Å². The van der Waals surface area contributed by atoms with Gasteiger partial charge in [-0.25, -0.2) is 4.79 Å². The van der Waals surface area contributed by atoms with Crippen molar-refractivity contribution in [3.63, 3.8) is 0 Å². The number of carbonyl (C=O) groups is 1. The molecule has 2 amide bonds. The van der Waals surface area contributed by atoms with Crippen molar-refractivity contribution in [3.05, 3.63) is 35.9 Å². The topological polar surface area (TPSA) is 70.4 Å². The van der Waals surface area contributed by atoms with Crippen LogP contribution in [-0.4, -0.2) is 29.3 Å². The average Bonchev–Trinajstić information content (AvgIpc) is 2.42. The number of carbonyl (C=O) groups excluding carboxylic acids is 1. The zero-order valence-corrected chi connectivity index (χ0v) is 11.7. The standard InChI is InChI=1S/C13H20N4OS/c14-13(18)15-16-19-12-6-8-17(9-7-12)10-11-4-2-1-3-5-11/h1-5,12,16H,6-10H2,(H3,14,15,18). The van der Waals surface area contributed by atoms with Crippen molar-refractivity contribution in [1.82, 2.24) is 15.2 Å². The van der Waals surface area contributed by atoms with E-state index in [1.807, 2.05) is 6.07 Å². The summed E-state index contributed by atoms with van der Waals surface area (Å²) in [5.74, 6) is 0. The van der Waals surface area contributed by atoms with Gasteiger partial charge in [-0.3, -0.25) is 10.3 Å². The van der Waals surface area contributed by atoms with Crippen molar-refractivity contribution in [2.45, 2.75) is 24.6 Å². The van der Waals surface area contributed by atoms with E-state index in [2.05, 4.69) is 39.4 Å². The maximum absolute atomic E-state index is 10.5. The molecule has 0 spiro atoms. The van der Waals surface area contributed by atoms with E-state index in [-0.39, 0.29) is 0 Å². The summed E-state index contributed by atoms with van der Waals surface area (Å²) in [6, 6.07) is 9.99. The van der Waals surface area contributed by atoms with Gasteiger partial charge in [0.25, 0.3) is 0 Å². The largest absolute Gasteiger partial charge is 0.351 e. The minimum atomic E-state index is -0.547. The van der Waals surface area contributed by atoms with E-state index in [0.717, 1.165) is 32.5 Å². The summed E-state index contributed by atoms with van der Waals surface area (Å²) in [6.07, 6.45) is 2.23. The zero-order chi connectivity index (χ0) is 13.5. The lowest BCUT2D eigenvalue weighted by Gasteiger charge is -2.31. The lowest BCUT2D eigenvalue weighted by Crippen LogP contribution is -2.40. The highest BCUT2D eigenvalue weighted by Crippen LogP contribution is 2.21. The first-order valence-electron chi connectivity index (χ1n) is 6.46. The molecule has 2 rings (SSSR count). The molecule has 0 bridgehead atoms. The number of amides is 2. The van der Waals surface area contributed by atoms with Crippen LogP contribution in [0.3, 0.4) is 0 Å². The summed E-state index contributed by atoms with van der Waals surface area (Å²) in [7, 11) is 0. The van der Waals surface area contributed by atoms with E-state index in [4.69, 9.17) is 5.73 Å². The number of urea groups is 1. The van der Waals surface area contributed by atoms with E-state index in [0.29, 0.717) is 5.25 Å². The molecule has 0 saturated carbocycles. The fourth-order valence-corrected chi connectivity index (χ4v) is 2.96. The molecule has 1 aliphatic rings. The van der Waals surface area contributed by atoms with Gasteiger partial charge in [-0.2, -0.15) is 4.83 Å². The summed E-state index contributed by atoms with van der Waals surface area (Å²) >= 11 is 1.55. The van der Waals surface area contributed by atoms with E-state index in [9.17, 15) is 4.79 Å². The van der Waals surface area contributed by atoms with Crippen molar-refractivity contribution in [2.24, 2.45) is 5.73 Å². The molecule has 1 aliphatic heterocycles. The van der Waals surface area contributed by atoms with Crippen LogP contribution in [0.1, 0.15) is 18.4 Å². The Bertz CT molecular complexity index is 393. The second-order valence-corrected chi connectivity index (χ2v) is 5.78. The van der Waals surface area contributed by atoms with E-state index >= 15 is 0 Å². The summed E-state index contributed by atoms with van der Waals surface area (Å²) in [6.45, 7) is 3.20. The quantitative estimate of drug-likeness (QED) is 0.564. The summed E-state index contributed by atoms with van der Waals surface area (Å²) in [4.78, 5) is 15.8. The minimum absolute atomic E-state index is 0.527. The monoisotopic (exact) mass is 280 g/mol. The smallest absolute Gasteiger partial charge is 0.327 e. The molecule has 1 heterocycles. The Labute approximate surface area is 118 Å². The Balaban J connectivity index is 1.66. The Kier molecular flexibility index (Phi) is 5.50. The molecule has 0 aliphatic carbocycles. The Morgan fingerprint density at radius 2 is 2.00 bits per heavy atom. The molecular formula is C13H20N4OS. The first kappa shape index (κ1) is 14.2. The van der Waals surface area contributed by atoms with Gasteiger partial charge in [-0.15, -0.1) is 0 Å². The van der Waals surface area contributed by atoms with Crippen LogP contribution in [0.5, 0.6) is 0 Å². The number of nitrogens with zero attached hydrogens (tertiary/aromatic N) is 1. The van der Waals surface area contributed by atoms with E-state index < -0.39 is 6.03 Å². The van der Waals surface area contributed by atoms with E-state index in [1.165, 1.54) is 5.56 Å². The first-order valence-corrected chi connectivity index (χ1v) is 7.34. The van der Waals surface area contributed by atoms with Gasteiger partial charge in [0.1, 0.15) is 0 Å². The molecular weight excluding hydrogens is 260 g/mol. The molecule has 104 valence electrons. The lowest BCUT2D eigenvalue weighted by atomic mass is 10.1. The molecule has 0 aromatic heterocycles. The zero-order valence-electron chi connectivity index (χ0n) is 10.8. The molecule has 0 unspecified atom stereocenters. The Morgan fingerprint density at radius 1 is 1.32 bits per heavy atom. The molecule has 6 heteroatoms. The van der Waals surface area contributed by atoms with Crippen molar-refractivity contribution in [3.8, 4) is 0 Å². The van der Waals surface area contributed by atoms with Gasteiger partial charge >= 0.3 is 6.03 Å². The number of likely N-dealkylation sites (tertiary alicyclic amines) is 1. The number of hydrazine groups is 1. The molecule has 5 nitrogen and oxygen atoms in total.